The summed E-state index contributed by atoms with van der Waals surface area (Å²) in [5.41, 5.74) is 1.03. The summed E-state index contributed by atoms with van der Waals surface area (Å²) < 4.78 is 0. The van der Waals surface area contributed by atoms with Crippen LogP contribution in [0.5, 0.6) is 0 Å². The first kappa shape index (κ1) is 10.5. The molecule has 0 radical (unpaired) electrons. The number of ketones is 1. The molecule has 2 aromatic carbocycles. The van der Waals surface area contributed by atoms with Crippen LogP contribution >= 0.6 is 0 Å². The van der Waals surface area contributed by atoms with Crippen molar-refractivity contribution in [3.05, 3.63) is 48.0 Å². The average Bonchev–Trinajstić information content (AvgIpc) is 2.27. The first-order valence-electron chi connectivity index (χ1n) is 6.23. The SMILES string of the molecule is CC(=O)C1(c2ccc3ccccc3c2)CCC1. The summed E-state index contributed by atoms with van der Waals surface area (Å²) in [5, 5.41) is 2.48. The van der Waals surface area contributed by atoms with Gasteiger partial charge in [0.2, 0.25) is 0 Å². The third kappa shape index (κ3) is 1.49. The van der Waals surface area contributed by atoms with Gasteiger partial charge in [-0.2, -0.15) is 0 Å². The normalized spacial score (nSPS) is 17.7. The third-order valence-corrected chi connectivity index (χ3v) is 4.18. The lowest BCUT2D eigenvalue weighted by molar-refractivity contribution is -0.125. The smallest absolute Gasteiger partial charge is 0.140 e. The molecular weight excluding hydrogens is 208 g/mol. The van der Waals surface area contributed by atoms with Gasteiger partial charge in [0, 0.05) is 0 Å². The Balaban J connectivity index is 2.14. The summed E-state index contributed by atoms with van der Waals surface area (Å²) in [5.74, 6) is 0.319. The van der Waals surface area contributed by atoms with Crippen LogP contribution in [0.25, 0.3) is 10.8 Å². The molecule has 17 heavy (non-hydrogen) atoms. The highest BCUT2D eigenvalue weighted by Crippen LogP contribution is 2.45. The van der Waals surface area contributed by atoms with Crippen LogP contribution in [0.3, 0.4) is 0 Å². The molecule has 1 fully saturated rings. The van der Waals surface area contributed by atoms with Crippen molar-refractivity contribution >= 4 is 16.6 Å². The second-order valence-electron chi connectivity index (χ2n) is 5.05. The summed E-state index contributed by atoms with van der Waals surface area (Å²) >= 11 is 0. The van der Waals surface area contributed by atoms with Gasteiger partial charge >= 0.3 is 0 Å². The van der Waals surface area contributed by atoms with Crippen molar-refractivity contribution in [2.45, 2.75) is 31.6 Å². The van der Waals surface area contributed by atoms with Gasteiger partial charge in [0.15, 0.2) is 0 Å². The fraction of sp³-hybridized carbons (Fsp3) is 0.312. The van der Waals surface area contributed by atoms with Crippen LogP contribution in [0.15, 0.2) is 42.5 Å². The summed E-state index contributed by atoms with van der Waals surface area (Å²) in [6, 6.07) is 14.8. The van der Waals surface area contributed by atoms with Crippen LogP contribution in [-0.2, 0) is 10.2 Å². The molecule has 0 saturated heterocycles. The highest BCUT2D eigenvalue weighted by atomic mass is 16.1. The minimum absolute atomic E-state index is 0.177. The van der Waals surface area contributed by atoms with E-state index in [-0.39, 0.29) is 5.41 Å². The van der Waals surface area contributed by atoms with Gasteiger partial charge < -0.3 is 0 Å². The van der Waals surface area contributed by atoms with Gasteiger partial charge in [-0.25, -0.2) is 0 Å². The van der Waals surface area contributed by atoms with E-state index >= 15 is 0 Å². The summed E-state index contributed by atoms with van der Waals surface area (Å²) in [4.78, 5) is 11.9. The fourth-order valence-electron chi connectivity index (χ4n) is 2.86. The van der Waals surface area contributed by atoms with E-state index in [1.807, 2.05) is 12.1 Å². The Kier molecular flexibility index (Phi) is 2.29. The lowest BCUT2D eigenvalue weighted by Crippen LogP contribution is -2.40. The van der Waals surface area contributed by atoms with Gasteiger partial charge in [0.05, 0.1) is 5.41 Å². The van der Waals surface area contributed by atoms with E-state index in [1.54, 1.807) is 6.92 Å². The number of hydrogen-bond acceptors (Lipinski definition) is 1. The molecule has 0 amide bonds. The van der Waals surface area contributed by atoms with Crippen LogP contribution in [0.1, 0.15) is 31.7 Å². The Morgan fingerprint density at radius 3 is 2.35 bits per heavy atom. The number of fused-ring (bicyclic) bond motifs is 1. The van der Waals surface area contributed by atoms with Crippen molar-refractivity contribution in [2.24, 2.45) is 0 Å². The number of rotatable bonds is 2. The molecular formula is C16H16O. The highest BCUT2D eigenvalue weighted by molar-refractivity contribution is 5.91. The standard InChI is InChI=1S/C16H16O/c1-12(17)16(9-4-10-16)15-8-7-13-5-2-3-6-14(13)11-15/h2-3,5-8,11H,4,9-10H2,1H3. The molecule has 1 aliphatic carbocycles. The largest absolute Gasteiger partial charge is 0.299 e. The Morgan fingerprint density at radius 2 is 1.76 bits per heavy atom. The highest BCUT2D eigenvalue weighted by Gasteiger charge is 2.42. The zero-order valence-electron chi connectivity index (χ0n) is 10.1. The lowest BCUT2D eigenvalue weighted by atomic mass is 9.62. The molecule has 0 heterocycles. The first-order chi connectivity index (χ1) is 8.22. The summed E-state index contributed by atoms with van der Waals surface area (Å²) in [6.45, 7) is 1.73. The van der Waals surface area contributed by atoms with Crippen LogP contribution in [0.4, 0.5) is 0 Å². The van der Waals surface area contributed by atoms with Crippen LogP contribution in [0, 0.1) is 0 Å². The molecule has 0 aliphatic heterocycles. The minimum atomic E-state index is -0.177. The Morgan fingerprint density at radius 1 is 1.06 bits per heavy atom. The molecule has 0 unspecified atom stereocenters. The zero-order chi connectivity index (χ0) is 11.9. The molecule has 1 heteroatoms. The van der Waals surface area contributed by atoms with Gasteiger partial charge in [-0.05, 0) is 36.1 Å². The minimum Gasteiger partial charge on any atom is -0.299 e. The van der Waals surface area contributed by atoms with E-state index < -0.39 is 0 Å². The summed E-state index contributed by atoms with van der Waals surface area (Å²) in [6.07, 6.45) is 3.20. The van der Waals surface area contributed by atoms with Crippen LogP contribution in [0.2, 0.25) is 0 Å². The van der Waals surface area contributed by atoms with Crippen molar-refractivity contribution in [1.29, 1.82) is 0 Å². The van der Waals surface area contributed by atoms with Crippen molar-refractivity contribution in [3.8, 4) is 0 Å². The molecule has 1 aliphatic rings. The van der Waals surface area contributed by atoms with E-state index in [0.717, 1.165) is 12.8 Å². The van der Waals surface area contributed by atoms with Crippen LogP contribution < -0.4 is 0 Å². The molecule has 0 aromatic heterocycles. The Hall–Kier alpha value is -1.63. The first-order valence-corrected chi connectivity index (χ1v) is 6.23. The van der Waals surface area contributed by atoms with Crippen molar-refractivity contribution < 1.29 is 4.79 Å². The van der Waals surface area contributed by atoms with E-state index in [0.29, 0.717) is 5.78 Å². The van der Waals surface area contributed by atoms with Gasteiger partial charge in [-0.1, -0.05) is 48.9 Å². The van der Waals surface area contributed by atoms with Crippen molar-refractivity contribution in [3.63, 3.8) is 0 Å². The summed E-state index contributed by atoms with van der Waals surface area (Å²) in [7, 11) is 0. The molecule has 2 aromatic rings. The van der Waals surface area contributed by atoms with E-state index in [2.05, 4.69) is 30.3 Å². The number of hydrogen-bond donors (Lipinski definition) is 0. The monoisotopic (exact) mass is 224 g/mol. The quantitative estimate of drug-likeness (QED) is 0.757. The van der Waals surface area contributed by atoms with Crippen molar-refractivity contribution in [2.75, 3.05) is 0 Å². The van der Waals surface area contributed by atoms with Gasteiger partial charge in [-0.15, -0.1) is 0 Å². The second-order valence-corrected chi connectivity index (χ2v) is 5.05. The van der Waals surface area contributed by atoms with E-state index in [9.17, 15) is 4.79 Å². The molecule has 0 bridgehead atoms. The molecule has 3 rings (SSSR count). The van der Waals surface area contributed by atoms with Crippen molar-refractivity contribution in [1.82, 2.24) is 0 Å². The predicted molar refractivity (Wildman–Crippen MR) is 70.2 cm³/mol. The van der Waals surface area contributed by atoms with Gasteiger partial charge in [0.25, 0.3) is 0 Å². The number of benzene rings is 2. The molecule has 86 valence electrons. The molecule has 0 atom stereocenters. The average molecular weight is 224 g/mol. The molecule has 1 saturated carbocycles. The fourth-order valence-corrected chi connectivity index (χ4v) is 2.86. The molecule has 0 spiro atoms. The Bertz CT molecular complexity index is 579. The van der Waals surface area contributed by atoms with Crippen LogP contribution in [-0.4, -0.2) is 5.78 Å². The number of carbonyl (C=O) groups excluding carboxylic acids is 1. The maximum atomic E-state index is 11.9. The van der Waals surface area contributed by atoms with Gasteiger partial charge in [-0.3, -0.25) is 4.79 Å². The van der Waals surface area contributed by atoms with Gasteiger partial charge in [0.1, 0.15) is 5.78 Å². The number of Topliss-reactive ketones (excluding diaryl/α,β-unsaturated/α-hetero) is 1. The predicted octanol–water partition coefficient (Wildman–Crippen LogP) is 3.85. The Labute approximate surface area is 101 Å². The van der Waals surface area contributed by atoms with E-state index in [1.165, 1.54) is 22.8 Å². The molecule has 0 N–H and O–H groups in total. The lowest BCUT2D eigenvalue weighted by Gasteiger charge is -2.40. The zero-order valence-corrected chi connectivity index (χ0v) is 10.1. The topological polar surface area (TPSA) is 17.1 Å². The maximum Gasteiger partial charge on any atom is 0.140 e. The second kappa shape index (κ2) is 3.69. The van der Waals surface area contributed by atoms with E-state index in [4.69, 9.17) is 0 Å². The number of carbonyl (C=O) groups is 1. The third-order valence-electron chi connectivity index (χ3n) is 4.18. The molecule has 1 nitrogen and oxygen atoms in total. The maximum absolute atomic E-state index is 11.9.